The van der Waals surface area contributed by atoms with Crippen molar-refractivity contribution >= 4 is 90.0 Å². The topological polar surface area (TPSA) is 141 Å². The second-order valence-electron chi connectivity index (χ2n) is 9.72. The van der Waals surface area contributed by atoms with E-state index in [1.54, 1.807) is 53.1 Å². The zero-order chi connectivity index (χ0) is 33.2. The number of carbonyl (C=O) groups excluding carboxylic acids is 2. The SMILES string of the molecule is COc1c(I)cc(C(=O)N2CS(=O)(=O)c3ccccc32)cc1C#N.COc1c(I)cc(C(=O)N2CSc3ccccc32)cc1C#N. The van der Waals surface area contributed by atoms with Crippen molar-refractivity contribution in [2.45, 2.75) is 9.79 Å². The highest BCUT2D eigenvalue weighted by molar-refractivity contribution is 14.1. The van der Waals surface area contributed by atoms with E-state index in [1.807, 2.05) is 52.9 Å². The van der Waals surface area contributed by atoms with Crippen LogP contribution >= 0.6 is 56.9 Å². The second kappa shape index (κ2) is 13.9. The number of anilines is 2. The molecule has 0 aliphatic carbocycles. The molecule has 4 aromatic carbocycles. The van der Waals surface area contributed by atoms with Gasteiger partial charge in [-0.25, -0.2) is 8.42 Å². The number of hydrogen-bond acceptors (Lipinski definition) is 9. The Kier molecular flexibility index (Phi) is 10.1. The standard InChI is InChI=1S/C16H11IN2O4S.C16H11IN2O2S/c1-23-15-11(8-18)6-10(7-12(15)17)16(20)19-9-24(21,22)14-5-3-2-4-13(14)19;1-21-15-11(8-18)6-10(7-12(15)17)16(20)19-9-22-14-5-3-2-4-13(14)19/h2-7H,9H2,1H3;2-7H,9H2,1H3. The van der Waals surface area contributed by atoms with Crippen LogP contribution in [0.5, 0.6) is 11.5 Å². The quantitative estimate of drug-likeness (QED) is 0.212. The van der Waals surface area contributed by atoms with Crippen LogP contribution in [0.3, 0.4) is 0 Å². The summed E-state index contributed by atoms with van der Waals surface area (Å²) in [5, 5.41) is 18.5. The van der Waals surface area contributed by atoms with Crippen LogP contribution in [0.15, 0.2) is 82.6 Å². The maximum atomic E-state index is 12.8. The highest BCUT2D eigenvalue weighted by Crippen LogP contribution is 2.39. The van der Waals surface area contributed by atoms with Crippen LogP contribution in [0.2, 0.25) is 0 Å². The Hall–Kier alpha value is -3.84. The van der Waals surface area contributed by atoms with Crippen LogP contribution in [0, 0.1) is 29.8 Å². The normalized spacial score (nSPS) is 13.8. The molecule has 0 radical (unpaired) electrons. The van der Waals surface area contributed by atoms with E-state index in [0.29, 0.717) is 37.8 Å². The highest BCUT2D eigenvalue weighted by Gasteiger charge is 2.36. The van der Waals surface area contributed by atoms with E-state index >= 15 is 0 Å². The molecule has 4 aromatic rings. The third-order valence-electron chi connectivity index (χ3n) is 7.02. The number of benzene rings is 4. The molecule has 46 heavy (non-hydrogen) atoms. The molecule has 0 bridgehead atoms. The Morgan fingerprint density at radius 1 is 0.783 bits per heavy atom. The van der Waals surface area contributed by atoms with Crippen LogP contribution in [0.25, 0.3) is 0 Å². The number of methoxy groups -OCH3 is 2. The fourth-order valence-electron chi connectivity index (χ4n) is 4.92. The van der Waals surface area contributed by atoms with E-state index in [1.165, 1.54) is 31.3 Å². The van der Waals surface area contributed by atoms with Crippen LogP contribution in [-0.2, 0) is 9.84 Å². The van der Waals surface area contributed by atoms with Gasteiger partial charge in [0, 0.05) is 16.0 Å². The monoisotopic (exact) mass is 876 g/mol. The fourth-order valence-corrected chi connectivity index (χ4v) is 9.16. The molecule has 0 N–H and O–H groups in total. The maximum absolute atomic E-state index is 12.8. The average molecular weight is 876 g/mol. The molecule has 0 atom stereocenters. The maximum Gasteiger partial charge on any atom is 0.259 e. The molecule has 0 fully saturated rings. The molecule has 2 aliphatic rings. The van der Waals surface area contributed by atoms with Gasteiger partial charge < -0.3 is 9.47 Å². The lowest BCUT2D eigenvalue weighted by Crippen LogP contribution is -2.30. The lowest BCUT2D eigenvalue weighted by atomic mass is 10.1. The molecule has 0 saturated carbocycles. The molecule has 0 aromatic heterocycles. The van der Waals surface area contributed by atoms with Gasteiger partial charge in [-0.1, -0.05) is 24.3 Å². The van der Waals surface area contributed by atoms with Crippen LogP contribution < -0.4 is 19.3 Å². The highest BCUT2D eigenvalue weighted by atomic mass is 127. The average Bonchev–Trinajstić information content (AvgIpc) is 3.61. The number of amides is 2. The molecule has 232 valence electrons. The predicted octanol–water partition coefficient (Wildman–Crippen LogP) is 6.44. The number of hydrogen-bond donors (Lipinski definition) is 0. The van der Waals surface area contributed by atoms with Crippen molar-refractivity contribution in [3.63, 3.8) is 0 Å². The summed E-state index contributed by atoms with van der Waals surface area (Å²) in [6.07, 6.45) is 0. The first-order valence-corrected chi connectivity index (χ1v) is 18.1. The number of ether oxygens (including phenoxy) is 2. The van der Waals surface area contributed by atoms with E-state index in [-0.39, 0.29) is 21.9 Å². The number of sulfone groups is 1. The number of para-hydroxylation sites is 2. The molecule has 2 heterocycles. The lowest BCUT2D eigenvalue weighted by molar-refractivity contribution is 0.0984. The summed E-state index contributed by atoms with van der Waals surface area (Å²) in [6.45, 7) is 0. The Morgan fingerprint density at radius 3 is 1.83 bits per heavy atom. The van der Waals surface area contributed by atoms with Crippen molar-refractivity contribution in [1.29, 1.82) is 10.5 Å². The molecule has 14 heteroatoms. The minimum absolute atomic E-state index is 0.102. The molecule has 0 unspecified atom stereocenters. The molecular formula is C32H22I2N4O6S2. The van der Waals surface area contributed by atoms with Gasteiger partial charge in [0.1, 0.15) is 29.5 Å². The number of rotatable bonds is 4. The Bertz CT molecular complexity index is 2090. The zero-order valence-electron chi connectivity index (χ0n) is 24.2. The first-order valence-electron chi connectivity index (χ1n) is 13.3. The third kappa shape index (κ3) is 6.39. The number of nitrogens with zero attached hydrogens (tertiary/aromatic N) is 4. The lowest BCUT2D eigenvalue weighted by Gasteiger charge is -2.17. The van der Waals surface area contributed by atoms with Gasteiger partial charge in [0.2, 0.25) is 0 Å². The second-order valence-corrected chi connectivity index (χ2v) is 15.0. The van der Waals surface area contributed by atoms with Crippen LogP contribution in [-0.4, -0.2) is 46.2 Å². The Labute approximate surface area is 297 Å². The van der Waals surface area contributed by atoms with Gasteiger partial charge in [0.05, 0.1) is 54.6 Å². The van der Waals surface area contributed by atoms with Crippen LogP contribution in [0.4, 0.5) is 11.4 Å². The molecule has 0 spiro atoms. The smallest absolute Gasteiger partial charge is 0.259 e. The summed E-state index contributed by atoms with van der Waals surface area (Å²) in [4.78, 5) is 29.8. The van der Waals surface area contributed by atoms with Gasteiger partial charge in [0.15, 0.2) is 9.84 Å². The summed E-state index contributed by atoms with van der Waals surface area (Å²) in [5.41, 5.74) is 2.61. The summed E-state index contributed by atoms with van der Waals surface area (Å²) in [6, 6.07) is 24.6. The molecule has 10 nitrogen and oxygen atoms in total. The number of fused-ring (bicyclic) bond motifs is 2. The number of nitriles is 2. The van der Waals surface area contributed by atoms with E-state index in [4.69, 9.17) is 9.47 Å². The van der Waals surface area contributed by atoms with E-state index in [0.717, 1.165) is 14.2 Å². The summed E-state index contributed by atoms with van der Waals surface area (Å²) < 4.78 is 36.2. The fraction of sp³-hybridized carbons (Fsp3) is 0.125. The molecule has 2 amide bonds. The minimum atomic E-state index is -3.53. The van der Waals surface area contributed by atoms with Crippen molar-refractivity contribution in [3.05, 3.63) is 102 Å². The third-order valence-corrected chi connectivity index (χ3v) is 11.3. The number of thioether (sulfide) groups is 1. The summed E-state index contributed by atoms with van der Waals surface area (Å²) in [5.74, 6) is 0.508. The van der Waals surface area contributed by atoms with Gasteiger partial charge >= 0.3 is 0 Å². The predicted molar refractivity (Wildman–Crippen MR) is 190 cm³/mol. The van der Waals surface area contributed by atoms with Gasteiger partial charge in [0.25, 0.3) is 11.8 Å². The summed E-state index contributed by atoms with van der Waals surface area (Å²) >= 11 is 5.69. The van der Waals surface area contributed by atoms with Crippen molar-refractivity contribution < 1.29 is 27.5 Å². The Morgan fingerprint density at radius 2 is 1.28 bits per heavy atom. The van der Waals surface area contributed by atoms with Crippen molar-refractivity contribution in [2.24, 2.45) is 0 Å². The van der Waals surface area contributed by atoms with E-state index in [9.17, 15) is 28.5 Å². The molecule has 2 aliphatic heterocycles. The number of halogens is 2. The van der Waals surface area contributed by atoms with Gasteiger partial charge in [-0.3, -0.25) is 19.4 Å². The van der Waals surface area contributed by atoms with Gasteiger partial charge in [-0.15, -0.1) is 11.8 Å². The molecule has 6 rings (SSSR count). The van der Waals surface area contributed by atoms with Gasteiger partial charge in [-0.05, 0) is 93.7 Å². The molecular weight excluding hydrogens is 854 g/mol. The van der Waals surface area contributed by atoms with Crippen LogP contribution in [0.1, 0.15) is 31.8 Å². The van der Waals surface area contributed by atoms with Gasteiger partial charge in [-0.2, -0.15) is 10.5 Å². The zero-order valence-corrected chi connectivity index (χ0v) is 30.1. The first-order chi connectivity index (χ1) is 22.0. The summed E-state index contributed by atoms with van der Waals surface area (Å²) in [7, 11) is -0.564. The largest absolute Gasteiger partial charge is 0.494 e. The molecule has 0 saturated heterocycles. The van der Waals surface area contributed by atoms with Crippen molar-refractivity contribution in [2.75, 3.05) is 35.8 Å². The van der Waals surface area contributed by atoms with E-state index < -0.39 is 21.6 Å². The van der Waals surface area contributed by atoms with E-state index in [2.05, 4.69) is 28.7 Å². The van der Waals surface area contributed by atoms with Crippen molar-refractivity contribution in [3.8, 4) is 23.6 Å². The minimum Gasteiger partial charge on any atom is -0.494 e. The first kappa shape index (κ1) is 33.5. The Balaban J connectivity index is 0.000000182. The van der Waals surface area contributed by atoms with Crippen molar-refractivity contribution in [1.82, 2.24) is 0 Å². The number of carbonyl (C=O) groups is 2.